The van der Waals surface area contributed by atoms with Crippen molar-refractivity contribution < 1.29 is 9.59 Å². The molecule has 30 heavy (non-hydrogen) atoms. The van der Waals surface area contributed by atoms with Gasteiger partial charge in [-0.1, -0.05) is 67.4 Å². The maximum atomic E-state index is 13.2. The van der Waals surface area contributed by atoms with E-state index in [0.717, 1.165) is 17.5 Å². The number of amides is 2. The van der Waals surface area contributed by atoms with Gasteiger partial charge < -0.3 is 10.2 Å². The molecule has 0 aliphatic rings. The fourth-order valence-electron chi connectivity index (χ4n) is 3.30. The third kappa shape index (κ3) is 7.17. The summed E-state index contributed by atoms with van der Waals surface area (Å²) in [6, 6.07) is 15.2. The van der Waals surface area contributed by atoms with E-state index in [1.54, 1.807) is 4.90 Å². The highest BCUT2D eigenvalue weighted by atomic mass is 35.5. The van der Waals surface area contributed by atoms with Gasteiger partial charge in [-0.3, -0.25) is 9.59 Å². The molecule has 2 aromatic rings. The van der Waals surface area contributed by atoms with Crippen molar-refractivity contribution in [2.24, 2.45) is 0 Å². The first kappa shape index (κ1) is 23.9. The molecule has 2 amide bonds. The summed E-state index contributed by atoms with van der Waals surface area (Å²) in [4.78, 5) is 27.9. The quantitative estimate of drug-likeness (QED) is 0.558. The molecule has 0 unspecified atom stereocenters. The number of nitrogens with zero attached hydrogens (tertiary/aromatic N) is 1. The fraction of sp³-hybridized carbons (Fsp3) is 0.440. The lowest BCUT2D eigenvalue weighted by Gasteiger charge is -2.31. The molecule has 0 bridgehead atoms. The Kier molecular flexibility index (Phi) is 9.38. The molecule has 0 spiro atoms. The van der Waals surface area contributed by atoms with Crippen molar-refractivity contribution in [3.05, 3.63) is 70.2 Å². The van der Waals surface area contributed by atoms with E-state index in [9.17, 15) is 9.59 Å². The van der Waals surface area contributed by atoms with Crippen molar-refractivity contribution in [3.8, 4) is 0 Å². The van der Waals surface area contributed by atoms with Gasteiger partial charge in [0.05, 0.1) is 0 Å². The van der Waals surface area contributed by atoms with Gasteiger partial charge in [-0.25, -0.2) is 0 Å². The van der Waals surface area contributed by atoms with Gasteiger partial charge in [0.15, 0.2) is 0 Å². The lowest BCUT2D eigenvalue weighted by molar-refractivity contribution is -0.141. The third-order valence-corrected chi connectivity index (χ3v) is 5.65. The van der Waals surface area contributed by atoms with E-state index in [1.807, 2.05) is 52.0 Å². The van der Waals surface area contributed by atoms with Crippen LogP contribution in [-0.2, 0) is 22.6 Å². The number of carbonyl (C=O) groups excluding carboxylic acids is 2. The number of hydrogen-bond acceptors (Lipinski definition) is 2. The molecule has 5 heteroatoms. The molecule has 0 aromatic heterocycles. The van der Waals surface area contributed by atoms with Crippen molar-refractivity contribution in [2.75, 3.05) is 0 Å². The average Bonchev–Trinajstić information content (AvgIpc) is 2.74. The van der Waals surface area contributed by atoms with Gasteiger partial charge in [0, 0.05) is 24.0 Å². The molecule has 0 saturated heterocycles. The molecule has 2 aromatic carbocycles. The average molecular weight is 429 g/mol. The number of aryl methyl sites for hydroxylation is 2. The highest BCUT2D eigenvalue weighted by molar-refractivity contribution is 6.30. The van der Waals surface area contributed by atoms with Crippen LogP contribution < -0.4 is 5.32 Å². The predicted octanol–water partition coefficient (Wildman–Crippen LogP) is 5.30. The lowest BCUT2D eigenvalue weighted by Crippen LogP contribution is -2.50. The molecule has 2 rings (SSSR count). The van der Waals surface area contributed by atoms with Gasteiger partial charge in [-0.15, -0.1) is 0 Å². The Morgan fingerprint density at radius 3 is 2.13 bits per heavy atom. The van der Waals surface area contributed by atoms with Crippen molar-refractivity contribution in [1.29, 1.82) is 0 Å². The summed E-state index contributed by atoms with van der Waals surface area (Å²) in [5.41, 5.74) is 3.28. The minimum absolute atomic E-state index is 0.0170. The monoisotopic (exact) mass is 428 g/mol. The minimum Gasteiger partial charge on any atom is -0.352 e. The summed E-state index contributed by atoms with van der Waals surface area (Å²) in [7, 11) is 0. The van der Waals surface area contributed by atoms with Gasteiger partial charge >= 0.3 is 0 Å². The Morgan fingerprint density at radius 2 is 1.57 bits per heavy atom. The van der Waals surface area contributed by atoms with E-state index in [1.165, 1.54) is 5.56 Å². The number of rotatable bonds is 10. The molecule has 0 aliphatic carbocycles. The fourth-order valence-corrected chi connectivity index (χ4v) is 3.42. The molecule has 0 radical (unpaired) electrons. The van der Waals surface area contributed by atoms with E-state index < -0.39 is 6.04 Å². The number of benzene rings is 2. The van der Waals surface area contributed by atoms with Gasteiger partial charge in [0.25, 0.3) is 0 Å². The summed E-state index contributed by atoms with van der Waals surface area (Å²) >= 11 is 6.01. The molecule has 0 aliphatic heterocycles. The summed E-state index contributed by atoms with van der Waals surface area (Å²) < 4.78 is 0. The normalized spacial score (nSPS) is 12.8. The number of hydrogen-bond donors (Lipinski definition) is 1. The minimum atomic E-state index is -0.500. The van der Waals surface area contributed by atoms with Gasteiger partial charge in [-0.05, 0) is 56.4 Å². The van der Waals surface area contributed by atoms with Crippen LogP contribution in [0.15, 0.2) is 48.5 Å². The summed E-state index contributed by atoms with van der Waals surface area (Å²) in [6.07, 6.45) is 2.43. The predicted molar refractivity (Wildman–Crippen MR) is 123 cm³/mol. The van der Waals surface area contributed by atoms with E-state index >= 15 is 0 Å². The van der Waals surface area contributed by atoms with Crippen molar-refractivity contribution in [1.82, 2.24) is 10.2 Å². The SMILES string of the molecule is CC[C@@H](C)NC(=O)[C@H](CC)N(Cc1ccc(Cl)cc1)C(=O)CCc1ccc(C)cc1. The smallest absolute Gasteiger partial charge is 0.243 e. The number of carbonyl (C=O) groups is 2. The summed E-state index contributed by atoms with van der Waals surface area (Å²) in [6.45, 7) is 8.39. The van der Waals surface area contributed by atoms with Crippen LogP contribution in [0.1, 0.15) is 56.7 Å². The van der Waals surface area contributed by atoms with Crippen LogP contribution >= 0.6 is 11.6 Å². The van der Waals surface area contributed by atoms with Crippen LogP contribution in [0.5, 0.6) is 0 Å². The maximum Gasteiger partial charge on any atom is 0.243 e. The topological polar surface area (TPSA) is 49.4 Å². The van der Waals surface area contributed by atoms with Crippen molar-refractivity contribution >= 4 is 23.4 Å². The molecule has 4 nitrogen and oxygen atoms in total. The van der Waals surface area contributed by atoms with Crippen LogP contribution in [0.2, 0.25) is 5.02 Å². The van der Waals surface area contributed by atoms with Crippen molar-refractivity contribution in [2.45, 2.75) is 72.0 Å². The van der Waals surface area contributed by atoms with Gasteiger partial charge in [-0.2, -0.15) is 0 Å². The molecule has 0 saturated carbocycles. The summed E-state index contributed by atoms with van der Waals surface area (Å²) in [5, 5.41) is 3.69. The van der Waals surface area contributed by atoms with Crippen LogP contribution in [0, 0.1) is 6.92 Å². The first-order valence-corrected chi connectivity index (χ1v) is 11.1. The second-order valence-electron chi connectivity index (χ2n) is 7.88. The third-order valence-electron chi connectivity index (χ3n) is 5.40. The second-order valence-corrected chi connectivity index (χ2v) is 8.31. The largest absolute Gasteiger partial charge is 0.352 e. The van der Waals surface area contributed by atoms with Crippen molar-refractivity contribution in [3.63, 3.8) is 0 Å². The Labute approximate surface area is 185 Å². The van der Waals surface area contributed by atoms with E-state index in [-0.39, 0.29) is 17.9 Å². The van der Waals surface area contributed by atoms with Gasteiger partial charge in [0.2, 0.25) is 11.8 Å². The van der Waals surface area contributed by atoms with E-state index in [0.29, 0.717) is 30.8 Å². The van der Waals surface area contributed by atoms with Crippen LogP contribution in [0.25, 0.3) is 0 Å². The lowest BCUT2D eigenvalue weighted by atomic mass is 10.0. The number of nitrogens with one attached hydrogen (secondary N) is 1. The maximum absolute atomic E-state index is 13.2. The van der Waals surface area contributed by atoms with E-state index in [2.05, 4.69) is 29.6 Å². The second kappa shape index (κ2) is 11.8. The zero-order valence-corrected chi connectivity index (χ0v) is 19.2. The zero-order chi connectivity index (χ0) is 22.1. The Hall–Kier alpha value is -2.33. The van der Waals surface area contributed by atoms with Crippen LogP contribution in [-0.4, -0.2) is 28.8 Å². The van der Waals surface area contributed by atoms with Gasteiger partial charge in [0.1, 0.15) is 6.04 Å². The Morgan fingerprint density at radius 1 is 0.967 bits per heavy atom. The molecular weight excluding hydrogens is 396 g/mol. The highest BCUT2D eigenvalue weighted by Crippen LogP contribution is 2.17. The van der Waals surface area contributed by atoms with E-state index in [4.69, 9.17) is 11.6 Å². The number of halogens is 1. The highest BCUT2D eigenvalue weighted by Gasteiger charge is 2.28. The molecule has 0 fully saturated rings. The standard InChI is InChI=1S/C25H33ClN2O2/c1-5-19(4)27-25(30)23(6-2)28(17-21-11-14-22(26)15-12-21)24(29)16-13-20-9-7-18(3)8-10-20/h7-12,14-15,19,23H,5-6,13,16-17H2,1-4H3,(H,27,30)/t19-,23+/m1/s1. The Bertz CT molecular complexity index is 818. The first-order valence-electron chi connectivity index (χ1n) is 10.7. The summed E-state index contributed by atoms with van der Waals surface area (Å²) in [5.74, 6) is -0.110. The Balaban J connectivity index is 2.19. The molecule has 0 heterocycles. The van der Waals surface area contributed by atoms with Crippen LogP contribution in [0.4, 0.5) is 0 Å². The molecule has 2 atom stereocenters. The zero-order valence-electron chi connectivity index (χ0n) is 18.5. The molecule has 162 valence electrons. The molecular formula is C25H33ClN2O2. The first-order chi connectivity index (χ1) is 14.3. The molecule has 1 N–H and O–H groups in total. The van der Waals surface area contributed by atoms with Crippen LogP contribution in [0.3, 0.4) is 0 Å².